The van der Waals surface area contributed by atoms with Crippen molar-refractivity contribution in [2.45, 2.75) is 95.6 Å². The first-order valence-electron chi connectivity index (χ1n) is 11.0. The quantitative estimate of drug-likeness (QED) is 0.523. The van der Waals surface area contributed by atoms with E-state index in [9.17, 15) is 4.39 Å². The lowest BCUT2D eigenvalue weighted by Gasteiger charge is -2.38. The lowest BCUT2D eigenvalue weighted by molar-refractivity contribution is 0.156. The van der Waals surface area contributed by atoms with Crippen LogP contribution in [-0.4, -0.2) is 6.17 Å². The van der Waals surface area contributed by atoms with Crippen molar-refractivity contribution in [2.75, 3.05) is 0 Å². The SMILES string of the molecule is CCC[C@H]1CC[C@H]([C@H]2CC[C@H](c3ccc([C@@H]4C[C@H]4F)cc3)CC2)CC1. The van der Waals surface area contributed by atoms with Crippen molar-refractivity contribution in [2.24, 2.45) is 17.8 Å². The summed E-state index contributed by atoms with van der Waals surface area (Å²) >= 11 is 0. The van der Waals surface area contributed by atoms with E-state index in [0.717, 1.165) is 30.1 Å². The zero-order valence-electron chi connectivity index (χ0n) is 15.9. The summed E-state index contributed by atoms with van der Waals surface area (Å²) < 4.78 is 13.2. The van der Waals surface area contributed by atoms with Gasteiger partial charge >= 0.3 is 0 Å². The third-order valence-corrected chi connectivity index (χ3v) is 7.58. The van der Waals surface area contributed by atoms with Gasteiger partial charge in [-0.25, -0.2) is 4.39 Å². The first kappa shape index (κ1) is 17.6. The molecule has 0 N–H and O–H groups in total. The van der Waals surface area contributed by atoms with Gasteiger partial charge in [-0.1, -0.05) is 56.9 Å². The Morgan fingerprint density at radius 2 is 1.32 bits per heavy atom. The molecule has 4 rings (SSSR count). The molecule has 1 heteroatoms. The average Bonchev–Trinajstić information content (AvgIpc) is 3.40. The highest BCUT2D eigenvalue weighted by Crippen LogP contribution is 2.46. The minimum atomic E-state index is -0.575. The number of benzene rings is 1. The van der Waals surface area contributed by atoms with Gasteiger partial charge in [-0.15, -0.1) is 0 Å². The minimum Gasteiger partial charge on any atom is -0.247 e. The molecule has 3 aliphatic rings. The summed E-state index contributed by atoms with van der Waals surface area (Å²) in [6.07, 6.45) is 14.6. The van der Waals surface area contributed by atoms with Crippen molar-refractivity contribution in [3.8, 4) is 0 Å². The van der Waals surface area contributed by atoms with E-state index < -0.39 is 6.17 Å². The van der Waals surface area contributed by atoms with Gasteiger partial charge in [-0.2, -0.15) is 0 Å². The molecule has 25 heavy (non-hydrogen) atoms. The molecule has 0 aliphatic heterocycles. The number of hydrogen-bond donors (Lipinski definition) is 0. The highest BCUT2D eigenvalue weighted by Gasteiger charge is 2.38. The summed E-state index contributed by atoms with van der Waals surface area (Å²) in [5.74, 6) is 4.01. The van der Waals surface area contributed by atoms with E-state index in [1.54, 1.807) is 0 Å². The van der Waals surface area contributed by atoms with Crippen molar-refractivity contribution in [3.63, 3.8) is 0 Å². The van der Waals surface area contributed by atoms with Crippen molar-refractivity contribution in [1.82, 2.24) is 0 Å². The number of alkyl halides is 1. The molecule has 1 aromatic rings. The topological polar surface area (TPSA) is 0 Å². The summed E-state index contributed by atoms with van der Waals surface area (Å²) in [4.78, 5) is 0. The summed E-state index contributed by atoms with van der Waals surface area (Å²) in [5.41, 5.74) is 2.72. The van der Waals surface area contributed by atoms with Gasteiger partial charge in [-0.05, 0) is 79.7 Å². The van der Waals surface area contributed by atoms with Crippen LogP contribution in [0, 0.1) is 17.8 Å². The van der Waals surface area contributed by atoms with Crippen LogP contribution in [-0.2, 0) is 0 Å². The Morgan fingerprint density at radius 3 is 1.84 bits per heavy atom. The second-order valence-electron chi connectivity index (χ2n) is 9.21. The molecule has 0 radical (unpaired) electrons. The standard InChI is InChI=1S/C24H35F/c1-2-3-17-4-6-18(7-5-17)19-8-10-20(11-9-19)21-12-14-22(15-13-21)23-16-24(23)25/h12-15,17-20,23-24H,2-11,16H2,1H3/t17-,18-,19-,20-,23-,24+/m0/s1. The molecule has 0 saturated heterocycles. The maximum atomic E-state index is 13.2. The largest absolute Gasteiger partial charge is 0.247 e. The number of hydrogen-bond acceptors (Lipinski definition) is 0. The van der Waals surface area contributed by atoms with Crippen LogP contribution in [0.1, 0.15) is 101 Å². The minimum absolute atomic E-state index is 0.202. The first-order valence-corrected chi connectivity index (χ1v) is 11.0. The van der Waals surface area contributed by atoms with Crippen LogP contribution in [0.2, 0.25) is 0 Å². The van der Waals surface area contributed by atoms with Gasteiger partial charge in [-0.3, -0.25) is 0 Å². The Hall–Kier alpha value is -0.850. The second-order valence-corrected chi connectivity index (χ2v) is 9.21. The predicted molar refractivity (Wildman–Crippen MR) is 104 cm³/mol. The zero-order valence-corrected chi connectivity index (χ0v) is 15.9. The summed E-state index contributed by atoms with van der Waals surface area (Å²) in [6, 6.07) is 8.98. The van der Waals surface area contributed by atoms with Gasteiger partial charge in [0.25, 0.3) is 0 Å². The van der Waals surface area contributed by atoms with E-state index in [-0.39, 0.29) is 5.92 Å². The van der Waals surface area contributed by atoms with Gasteiger partial charge < -0.3 is 0 Å². The van der Waals surface area contributed by atoms with Crippen molar-refractivity contribution >= 4 is 0 Å². The van der Waals surface area contributed by atoms with E-state index in [1.165, 1.54) is 75.3 Å². The van der Waals surface area contributed by atoms with Crippen LogP contribution in [0.25, 0.3) is 0 Å². The van der Waals surface area contributed by atoms with E-state index in [0.29, 0.717) is 0 Å². The highest BCUT2D eigenvalue weighted by atomic mass is 19.1. The molecule has 0 bridgehead atoms. The molecular weight excluding hydrogens is 307 g/mol. The third kappa shape index (κ3) is 4.12. The lowest BCUT2D eigenvalue weighted by atomic mass is 9.68. The Balaban J connectivity index is 1.25. The smallest absolute Gasteiger partial charge is 0.108 e. The van der Waals surface area contributed by atoms with Gasteiger partial charge in [0.05, 0.1) is 0 Å². The van der Waals surface area contributed by atoms with Crippen LogP contribution in [0.15, 0.2) is 24.3 Å². The molecular formula is C24H35F. The van der Waals surface area contributed by atoms with Crippen molar-refractivity contribution in [1.29, 1.82) is 0 Å². The Kier molecular flexibility index (Phi) is 5.48. The van der Waals surface area contributed by atoms with Gasteiger partial charge in [0.2, 0.25) is 0 Å². The molecule has 0 heterocycles. The van der Waals surface area contributed by atoms with E-state index in [1.807, 2.05) is 0 Å². The molecule has 2 atom stereocenters. The molecule has 0 aromatic heterocycles. The molecule has 3 aliphatic carbocycles. The fraction of sp³-hybridized carbons (Fsp3) is 0.750. The molecule has 0 amide bonds. The molecule has 0 spiro atoms. The Labute approximate surface area is 153 Å². The number of halogens is 1. The normalized spacial score (nSPS) is 38.5. The Bertz CT molecular complexity index is 532. The predicted octanol–water partition coefficient (Wildman–Crippen LogP) is 7.39. The monoisotopic (exact) mass is 342 g/mol. The van der Waals surface area contributed by atoms with E-state index >= 15 is 0 Å². The van der Waals surface area contributed by atoms with Gasteiger partial charge in [0.15, 0.2) is 0 Å². The highest BCUT2D eigenvalue weighted by molar-refractivity contribution is 5.31. The molecule has 1 aromatic carbocycles. The summed E-state index contributed by atoms with van der Waals surface area (Å²) in [7, 11) is 0. The third-order valence-electron chi connectivity index (χ3n) is 7.58. The first-order chi connectivity index (χ1) is 12.2. The Morgan fingerprint density at radius 1 is 0.800 bits per heavy atom. The van der Waals surface area contributed by atoms with Crippen LogP contribution in [0.3, 0.4) is 0 Å². The fourth-order valence-corrected chi connectivity index (χ4v) is 5.80. The van der Waals surface area contributed by atoms with Gasteiger partial charge in [0, 0.05) is 5.92 Å². The summed E-state index contributed by atoms with van der Waals surface area (Å²) in [5, 5.41) is 0. The maximum Gasteiger partial charge on any atom is 0.108 e. The van der Waals surface area contributed by atoms with Crippen LogP contribution in [0.5, 0.6) is 0 Å². The number of rotatable bonds is 5. The van der Waals surface area contributed by atoms with Crippen molar-refractivity contribution in [3.05, 3.63) is 35.4 Å². The van der Waals surface area contributed by atoms with Crippen LogP contribution in [0.4, 0.5) is 4.39 Å². The fourth-order valence-electron chi connectivity index (χ4n) is 5.80. The summed E-state index contributed by atoms with van der Waals surface area (Å²) in [6.45, 7) is 2.33. The van der Waals surface area contributed by atoms with Crippen LogP contribution < -0.4 is 0 Å². The molecule has 3 saturated carbocycles. The zero-order chi connectivity index (χ0) is 17.2. The molecule has 0 nitrogen and oxygen atoms in total. The van der Waals surface area contributed by atoms with Crippen molar-refractivity contribution < 1.29 is 4.39 Å². The maximum absolute atomic E-state index is 13.2. The van der Waals surface area contributed by atoms with E-state index in [4.69, 9.17) is 0 Å². The second kappa shape index (κ2) is 7.80. The van der Waals surface area contributed by atoms with E-state index in [2.05, 4.69) is 31.2 Å². The van der Waals surface area contributed by atoms with Gasteiger partial charge in [0.1, 0.15) is 6.17 Å². The molecule has 138 valence electrons. The molecule has 3 fully saturated rings. The molecule has 0 unspecified atom stereocenters. The average molecular weight is 343 g/mol. The lowest BCUT2D eigenvalue weighted by Crippen LogP contribution is -2.25. The van der Waals surface area contributed by atoms with Crippen LogP contribution >= 0.6 is 0 Å².